The average Bonchev–Trinajstić information content (AvgIpc) is 2.32. The summed E-state index contributed by atoms with van der Waals surface area (Å²) >= 11 is 0. The molecular formula is C12H21N3O5Pt. The van der Waals surface area contributed by atoms with E-state index in [1.165, 1.54) is 12.8 Å². The minimum atomic E-state index is -1.64. The second-order valence-electron chi connectivity index (χ2n) is 4.76. The van der Waals surface area contributed by atoms with Gasteiger partial charge in [0.15, 0.2) is 0 Å². The van der Waals surface area contributed by atoms with Crippen LogP contribution in [0.5, 0.6) is 0 Å². The van der Waals surface area contributed by atoms with Crippen molar-refractivity contribution in [3.05, 3.63) is 0 Å². The fourth-order valence-electron chi connectivity index (χ4n) is 1.79. The van der Waals surface area contributed by atoms with Crippen molar-refractivity contribution in [3.63, 3.8) is 0 Å². The predicted molar refractivity (Wildman–Crippen MR) is 66.7 cm³/mol. The van der Waals surface area contributed by atoms with Crippen LogP contribution in [-0.2, 0) is 35.4 Å². The number of nitrogens with two attached hydrogens (primary N) is 2. The molecule has 0 heterocycles. The van der Waals surface area contributed by atoms with Gasteiger partial charge in [0.25, 0.3) is 0 Å². The first-order chi connectivity index (χ1) is 9.23. The number of rotatable bonds is 4. The van der Waals surface area contributed by atoms with Gasteiger partial charge in [0.2, 0.25) is 5.91 Å². The molecule has 9 heteroatoms. The predicted octanol–water partition coefficient (Wildman–Crippen LogP) is -3.41. The van der Waals surface area contributed by atoms with E-state index in [1.54, 1.807) is 0 Å². The third-order valence-electron chi connectivity index (χ3n) is 2.91. The number of amides is 1. The summed E-state index contributed by atoms with van der Waals surface area (Å²) in [6.07, 6.45) is 4.01. The molecule has 0 aromatic carbocycles. The molecule has 0 aromatic heterocycles. The Kier molecular flexibility index (Phi) is 12.4. The summed E-state index contributed by atoms with van der Waals surface area (Å²) in [5, 5.41) is 22.0. The standard InChI is InChI=1S/C6H14N2.C6H9NO5.Pt/c7-5-3-1-2-4-6(5)8;1-3(8)7-4(6(11)12)2-5(9)10;/h5-6H,1-4,7-8H2;4H,2H2,1H3,(H,7,8)(H,9,10)(H,11,12);/q;;+2/p-2/t5-,6-;;/m1../s1. The van der Waals surface area contributed by atoms with Gasteiger partial charge >= 0.3 is 21.1 Å². The van der Waals surface area contributed by atoms with Crippen molar-refractivity contribution in [1.82, 2.24) is 5.32 Å². The van der Waals surface area contributed by atoms with Crippen molar-refractivity contribution in [2.24, 2.45) is 11.5 Å². The number of hydrogen-bond acceptors (Lipinski definition) is 7. The average molecular weight is 482 g/mol. The van der Waals surface area contributed by atoms with Gasteiger partial charge in [0.1, 0.15) is 0 Å². The summed E-state index contributed by atoms with van der Waals surface area (Å²) in [6.45, 7) is 1.07. The second-order valence-corrected chi connectivity index (χ2v) is 4.76. The Morgan fingerprint density at radius 3 is 1.81 bits per heavy atom. The van der Waals surface area contributed by atoms with Gasteiger partial charge in [-0.3, -0.25) is 4.79 Å². The Balaban J connectivity index is 0. The molecule has 3 atom stereocenters. The number of nitrogens with one attached hydrogen (secondary N) is 1. The molecule has 124 valence electrons. The molecule has 1 fully saturated rings. The van der Waals surface area contributed by atoms with Crippen molar-refractivity contribution in [2.45, 2.75) is 57.2 Å². The molecule has 1 saturated carbocycles. The third-order valence-corrected chi connectivity index (χ3v) is 2.91. The summed E-state index contributed by atoms with van der Waals surface area (Å²) in [5.41, 5.74) is 11.3. The Bertz CT molecular complexity index is 328. The molecule has 1 aliphatic carbocycles. The molecule has 0 aromatic rings. The fraction of sp³-hybridized carbons (Fsp3) is 0.750. The molecule has 0 bridgehead atoms. The van der Waals surface area contributed by atoms with Crippen LogP contribution in [0.1, 0.15) is 39.0 Å². The van der Waals surface area contributed by atoms with E-state index < -0.39 is 30.3 Å². The number of carbonyl (C=O) groups is 3. The molecule has 0 aliphatic heterocycles. The number of hydrogen-bond donors (Lipinski definition) is 3. The molecule has 5 N–H and O–H groups in total. The molecule has 0 radical (unpaired) electrons. The summed E-state index contributed by atoms with van der Waals surface area (Å²) in [5.74, 6) is -3.84. The Labute approximate surface area is 137 Å². The van der Waals surface area contributed by atoms with Crippen LogP contribution in [0.2, 0.25) is 0 Å². The third kappa shape index (κ3) is 11.4. The minimum Gasteiger partial charge on any atom is -0.550 e. The van der Waals surface area contributed by atoms with Gasteiger partial charge in [-0.05, 0) is 12.8 Å². The van der Waals surface area contributed by atoms with Crippen LogP contribution in [0.3, 0.4) is 0 Å². The van der Waals surface area contributed by atoms with E-state index >= 15 is 0 Å². The smallest absolute Gasteiger partial charge is 0.550 e. The van der Waals surface area contributed by atoms with Gasteiger partial charge in [-0.2, -0.15) is 0 Å². The van der Waals surface area contributed by atoms with E-state index in [0.29, 0.717) is 0 Å². The molecule has 1 amide bonds. The molecule has 1 rings (SSSR count). The Morgan fingerprint density at radius 1 is 1.14 bits per heavy atom. The Morgan fingerprint density at radius 2 is 1.57 bits per heavy atom. The van der Waals surface area contributed by atoms with Crippen LogP contribution in [0.4, 0.5) is 0 Å². The van der Waals surface area contributed by atoms with Gasteiger partial charge in [0.05, 0.1) is 12.0 Å². The van der Waals surface area contributed by atoms with Crippen LogP contribution < -0.4 is 27.0 Å². The van der Waals surface area contributed by atoms with Gasteiger partial charge < -0.3 is 36.6 Å². The first-order valence-corrected chi connectivity index (χ1v) is 6.43. The molecule has 8 nitrogen and oxygen atoms in total. The largest absolute Gasteiger partial charge is 2.00 e. The molecular weight excluding hydrogens is 461 g/mol. The number of carboxylic acid groups (broad SMARTS) is 2. The van der Waals surface area contributed by atoms with E-state index in [-0.39, 0.29) is 33.1 Å². The maximum Gasteiger partial charge on any atom is 2.00 e. The number of carboxylic acids is 2. The summed E-state index contributed by atoms with van der Waals surface area (Å²) in [6, 6.07) is -0.958. The van der Waals surface area contributed by atoms with Crippen LogP contribution in [0.15, 0.2) is 0 Å². The van der Waals surface area contributed by atoms with E-state index in [0.717, 1.165) is 19.8 Å². The summed E-state index contributed by atoms with van der Waals surface area (Å²) < 4.78 is 0. The van der Waals surface area contributed by atoms with E-state index in [2.05, 4.69) is 0 Å². The molecule has 1 unspecified atom stereocenters. The minimum absolute atomic E-state index is 0. The zero-order valence-electron chi connectivity index (χ0n) is 11.8. The first-order valence-electron chi connectivity index (χ1n) is 6.43. The maximum atomic E-state index is 10.3. The van der Waals surface area contributed by atoms with Gasteiger partial charge in [0, 0.05) is 31.4 Å². The van der Waals surface area contributed by atoms with Crippen LogP contribution in [0.25, 0.3) is 0 Å². The van der Waals surface area contributed by atoms with Crippen LogP contribution >= 0.6 is 0 Å². The van der Waals surface area contributed by atoms with E-state index in [4.69, 9.17) is 11.5 Å². The topological polar surface area (TPSA) is 161 Å². The molecule has 0 saturated heterocycles. The fourth-order valence-corrected chi connectivity index (χ4v) is 1.79. The van der Waals surface area contributed by atoms with Gasteiger partial charge in [-0.25, -0.2) is 0 Å². The van der Waals surface area contributed by atoms with Crippen molar-refractivity contribution < 1.29 is 45.7 Å². The second kappa shape index (κ2) is 11.7. The number of carbonyl (C=O) groups excluding carboxylic acids is 3. The normalized spacial score (nSPS) is 21.9. The quantitative estimate of drug-likeness (QED) is 0.376. The van der Waals surface area contributed by atoms with E-state index in [9.17, 15) is 24.6 Å². The zero-order chi connectivity index (χ0) is 15.7. The van der Waals surface area contributed by atoms with Gasteiger partial charge in [-0.15, -0.1) is 0 Å². The first kappa shape index (κ1) is 22.3. The van der Waals surface area contributed by atoms with Crippen molar-refractivity contribution in [1.29, 1.82) is 0 Å². The molecule has 1 aliphatic rings. The number of aliphatic carboxylic acids is 2. The Hall–Kier alpha value is -0.982. The van der Waals surface area contributed by atoms with Crippen molar-refractivity contribution in [3.8, 4) is 0 Å². The molecule has 0 spiro atoms. The van der Waals surface area contributed by atoms with E-state index in [1.807, 2.05) is 5.32 Å². The maximum absolute atomic E-state index is 10.3. The summed E-state index contributed by atoms with van der Waals surface area (Å²) in [7, 11) is 0. The van der Waals surface area contributed by atoms with Crippen molar-refractivity contribution in [2.75, 3.05) is 0 Å². The SMILES string of the molecule is CC(=O)NC(CC(=O)[O-])C(=O)[O-].N[C@@H]1CCCC[C@H]1N.[Pt+2]. The zero-order valence-corrected chi connectivity index (χ0v) is 14.1. The summed E-state index contributed by atoms with van der Waals surface area (Å²) in [4.78, 5) is 30.4. The van der Waals surface area contributed by atoms with Crippen molar-refractivity contribution >= 4 is 17.8 Å². The molecule has 21 heavy (non-hydrogen) atoms. The van der Waals surface area contributed by atoms with Crippen LogP contribution in [0, 0.1) is 0 Å². The monoisotopic (exact) mass is 482 g/mol. The van der Waals surface area contributed by atoms with Gasteiger partial charge in [-0.1, -0.05) is 12.8 Å². The van der Waals surface area contributed by atoms with Crippen LogP contribution in [-0.4, -0.2) is 36.0 Å².